The molecule has 0 aliphatic rings. The molecule has 0 radical (unpaired) electrons. The van der Waals surface area contributed by atoms with E-state index < -0.39 is 23.7 Å². The van der Waals surface area contributed by atoms with Gasteiger partial charge < -0.3 is 9.52 Å². The molecule has 0 atom stereocenters. The van der Waals surface area contributed by atoms with Crippen molar-refractivity contribution >= 4 is 5.97 Å². The van der Waals surface area contributed by atoms with E-state index in [-0.39, 0.29) is 5.76 Å². The maximum absolute atomic E-state index is 11.9. The van der Waals surface area contributed by atoms with Crippen molar-refractivity contribution in [2.75, 3.05) is 0 Å². The number of carboxylic acid groups (broad SMARTS) is 1. The van der Waals surface area contributed by atoms with Crippen LogP contribution in [-0.2, 0) is 6.18 Å². The Morgan fingerprint density at radius 2 is 2.08 bits per heavy atom. The molecule has 1 heterocycles. The highest BCUT2D eigenvalue weighted by molar-refractivity contribution is 5.86. The highest BCUT2D eigenvalue weighted by atomic mass is 19.4. The van der Waals surface area contributed by atoms with Gasteiger partial charge >= 0.3 is 18.0 Å². The van der Waals surface area contributed by atoms with Gasteiger partial charge in [0.05, 0.1) is 0 Å². The summed E-state index contributed by atoms with van der Waals surface area (Å²) >= 11 is 0. The Bertz CT molecular complexity index is 341. The molecular weight excluding hydrogens is 191 g/mol. The van der Waals surface area contributed by atoms with Gasteiger partial charge in [-0.05, 0) is 6.92 Å². The van der Waals surface area contributed by atoms with Crippen LogP contribution in [0.4, 0.5) is 13.2 Å². The molecule has 0 fully saturated rings. The van der Waals surface area contributed by atoms with Crippen LogP contribution in [0.1, 0.15) is 22.1 Å². The zero-order valence-electron chi connectivity index (χ0n) is 6.34. The van der Waals surface area contributed by atoms with Gasteiger partial charge in [0.25, 0.3) is 0 Å². The van der Waals surface area contributed by atoms with Crippen molar-refractivity contribution in [3.8, 4) is 0 Å². The average Bonchev–Trinajstić information content (AvgIpc) is 2.29. The second-order valence-electron chi connectivity index (χ2n) is 2.23. The van der Waals surface area contributed by atoms with Crippen molar-refractivity contribution in [3.05, 3.63) is 17.3 Å². The fourth-order valence-corrected chi connectivity index (χ4v) is 0.716. The summed E-state index contributed by atoms with van der Waals surface area (Å²) in [7, 11) is 0. The molecule has 0 saturated heterocycles. The highest BCUT2D eigenvalue weighted by Gasteiger charge is 2.38. The summed E-state index contributed by atoms with van der Waals surface area (Å²) in [6.07, 6.45) is -4.75. The smallest absolute Gasteiger partial charge is 0.468 e. The molecular formula is C6H4F3NO3. The van der Waals surface area contributed by atoms with E-state index in [0.29, 0.717) is 0 Å². The van der Waals surface area contributed by atoms with Gasteiger partial charge in [-0.1, -0.05) is 0 Å². The van der Waals surface area contributed by atoms with Crippen molar-refractivity contribution in [3.63, 3.8) is 0 Å². The van der Waals surface area contributed by atoms with E-state index in [1.54, 1.807) is 0 Å². The Kier molecular flexibility index (Phi) is 2.02. The number of hydrogen-bond acceptors (Lipinski definition) is 3. The maximum atomic E-state index is 11.9. The van der Waals surface area contributed by atoms with E-state index in [2.05, 4.69) is 9.40 Å². The van der Waals surface area contributed by atoms with Gasteiger partial charge in [0.15, 0.2) is 5.69 Å². The van der Waals surface area contributed by atoms with E-state index >= 15 is 0 Å². The van der Waals surface area contributed by atoms with Crippen LogP contribution in [0.5, 0.6) is 0 Å². The van der Waals surface area contributed by atoms with Crippen LogP contribution in [0.15, 0.2) is 4.42 Å². The molecule has 0 aliphatic heterocycles. The van der Waals surface area contributed by atoms with Crippen molar-refractivity contribution in [2.45, 2.75) is 13.1 Å². The number of oxazole rings is 1. The first-order valence-corrected chi connectivity index (χ1v) is 3.10. The minimum atomic E-state index is -4.75. The van der Waals surface area contributed by atoms with Gasteiger partial charge in [0.1, 0.15) is 5.76 Å². The Morgan fingerprint density at radius 1 is 1.54 bits per heavy atom. The van der Waals surface area contributed by atoms with Gasteiger partial charge in [-0.2, -0.15) is 18.2 Å². The SMILES string of the molecule is Cc1oc(C(F)(F)F)nc1C(=O)O. The van der Waals surface area contributed by atoms with Crippen molar-refractivity contribution in [2.24, 2.45) is 0 Å². The normalized spacial score (nSPS) is 11.7. The van der Waals surface area contributed by atoms with Crippen molar-refractivity contribution in [1.29, 1.82) is 0 Å². The lowest BCUT2D eigenvalue weighted by Crippen LogP contribution is -2.06. The molecule has 4 nitrogen and oxygen atoms in total. The largest absolute Gasteiger partial charge is 0.476 e. The number of alkyl halides is 3. The molecule has 1 rings (SSSR count). The summed E-state index contributed by atoms with van der Waals surface area (Å²) in [5.74, 6) is -3.45. The lowest BCUT2D eigenvalue weighted by molar-refractivity contribution is -0.157. The Balaban J connectivity index is 3.17. The fraction of sp³-hybridized carbons (Fsp3) is 0.333. The monoisotopic (exact) mass is 195 g/mol. The second-order valence-corrected chi connectivity index (χ2v) is 2.23. The third kappa shape index (κ3) is 1.79. The predicted molar refractivity (Wildman–Crippen MR) is 33.2 cm³/mol. The van der Waals surface area contributed by atoms with Gasteiger partial charge in [-0.15, -0.1) is 0 Å². The first-order chi connectivity index (χ1) is 5.82. The lowest BCUT2D eigenvalue weighted by Gasteiger charge is -1.97. The zero-order chi connectivity index (χ0) is 10.2. The maximum Gasteiger partial charge on any atom is 0.468 e. The van der Waals surface area contributed by atoms with Crippen molar-refractivity contribution < 1.29 is 27.5 Å². The molecule has 0 aromatic carbocycles. The van der Waals surface area contributed by atoms with Gasteiger partial charge in [0.2, 0.25) is 0 Å². The van der Waals surface area contributed by atoms with Gasteiger partial charge in [-0.3, -0.25) is 0 Å². The number of halogens is 3. The minimum Gasteiger partial charge on any atom is -0.476 e. The summed E-state index contributed by atoms with van der Waals surface area (Å²) in [6.45, 7) is 1.10. The first kappa shape index (κ1) is 9.56. The van der Waals surface area contributed by atoms with Crippen LogP contribution in [-0.4, -0.2) is 16.1 Å². The standard InChI is InChI=1S/C6H4F3NO3/c1-2-3(4(11)12)10-5(13-2)6(7,8)9/h1H3,(H,11,12). The number of aromatic carboxylic acids is 1. The summed E-state index contributed by atoms with van der Waals surface area (Å²) in [4.78, 5) is 13.1. The molecule has 0 saturated carbocycles. The Labute approximate surface area is 70.0 Å². The molecule has 13 heavy (non-hydrogen) atoms. The number of rotatable bonds is 1. The topological polar surface area (TPSA) is 63.3 Å². The van der Waals surface area contributed by atoms with Crippen LogP contribution in [0.3, 0.4) is 0 Å². The summed E-state index contributed by atoms with van der Waals surface area (Å²) in [5.41, 5.74) is -0.715. The molecule has 72 valence electrons. The number of aromatic nitrogens is 1. The first-order valence-electron chi connectivity index (χ1n) is 3.10. The quantitative estimate of drug-likeness (QED) is 0.740. The van der Waals surface area contributed by atoms with E-state index in [4.69, 9.17) is 5.11 Å². The summed E-state index contributed by atoms with van der Waals surface area (Å²) < 4.78 is 39.8. The molecule has 0 bridgehead atoms. The molecule has 0 amide bonds. The molecule has 0 spiro atoms. The van der Waals surface area contributed by atoms with E-state index in [1.807, 2.05) is 0 Å². The average molecular weight is 195 g/mol. The Morgan fingerprint density at radius 3 is 2.31 bits per heavy atom. The van der Waals surface area contributed by atoms with E-state index in [1.165, 1.54) is 0 Å². The molecule has 1 N–H and O–H groups in total. The van der Waals surface area contributed by atoms with Crippen LogP contribution >= 0.6 is 0 Å². The number of aryl methyl sites for hydroxylation is 1. The van der Waals surface area contributed by atoms with Crippen LogP contribution < -0.4 is 0 Å². The molecule has 0 unspecified atom stereocenters. The minimum absolute atomic E-state index is 0.361. The van der Waals surface area contributed by atoms with Crippen molar-refractivity contribution in [1.82, 2.24) is 4.98 Å². The number of nitrogens with zero attached hydrogens (tertiary/aromatic N) is 1. The molecule has 1 aromatic rings. The van der Waals surface area contributed by atoms with Crippen LogP contribution in [0.25, 0.3) is 0 Å². The number of hydrogen-bond donors (Lipinski definition) is 1. The third-order valence-corrected chi connectivity index (χ3v) is 1.24. The predicted octanol–water partition coefficient (Wildman–Crippen LogP) is 1.70. The van der Waals surface area contributed by atoms with Gasteiger partial charge in [0, 0.05) is 0 Å². The van der Waals surface area contributed by atoms with E-state index in [0.717, 1.165) is 6.92 Å². The zero-order valence-corrected chi connectivity index (χ0v) is 6.34. The van der Waals surface area contributed by atoms with Crippen LogP contribution in [0, 0.1) is 6.92 Å². The lowest BCUT2D eigenvalue weighted by atomic mass is 10.4. The fourth-order valence-electron chi connectivity index (χ4n) is 0.716. The second kappa shape index (κ2) is 2.75. The number of carboxylic acids is 1. The highest BCUT2D eigenvalue weighted by Crippen LogP contribution is 2.29. The third-order valence-electron chi connectivity index (χ3n) is 1.24. The summed E-state index contributed by atoms with van der Waals surface area (Å²) in [5, 5.41) is 8.35. The van der Waals surface area contributed by atoms with Gasteiger partial charge in [-0.25, -0.2) is 4.79 Å². The number of carbonyl (C=O) groups is 1. The Hall–Kier alpha value is -1.53. The molecule has 0 aliphatic carbocycles. The van der Waals surface area contributed by atoms with E-state index in [9.17, 15) is 18.0 Å². The van der Waals surface area contributed by atoms with Crippen LogP contribution in [0.2, 0.25) is 0 Å². The molecule has 1 aromatic heterocycles. The molecule has 7 heteroatoms. The summed E-state index contributed by atoms with van der Waals surface area (Å²) in [6, 6.07) is 0.